The molecule has 1 aliphatic rings. The number of hydrogen-bond acceptors (Lipinski definition) is 4. The lowest BCUT2D eigenvalue weighted by Crippen LogP contribution is -2.48. The van der Waals surface area contributed by atoms with E-state index in [4.69, 9.17) is 9.47 Å². The molecule has 5 heteroatoms. The topological polar surface area (TPSA) is 38.8 Å². The Bertz CT molecular complexity index is 482. The fraction of sp³-hybridized carbons (Fsp3) is 0.611. The van der Waals surface area contributed by atoms with Gasteiger partial charge >= 0.3 is 0 Å². The van der Waals surface area contributed by atoms with E-state index >= 15 is 0 Å². The van der Waals surface area contributed by atoms with E-state index in [1.54, 1.807) is 18.9 Å². The van der Waals surface area contributed by atoms with Crippen LogP contribution in [0.15, 0.2) is 24.3 Å². The summed E-state index contributed by atoms with van der Waals surface area (Å²) < 4.78 is 10.8. The average molecular weight is 337 g/mol. The van der Waals surface area contributed by atoms with Crippen LogP contribution >= 0.6 is 11.8 Å². The zero-order valence-corrected chi connectivity index (χ0v) is 15.1. The molecule has 1 heterocycles. The van der Waals surface area contributed by atoms with Crippen molar-refractivity contribution in [3.05, 3.63) is 24.3 Å². The molecular weight excluding hydrogens is 310 g/mol. The Morgan fingerprint density at radius 2 is 1.78 bits per heavy atom. The van der Waals surface area contributed by atoms with Crippen LogP contribution in [-0.2, 0) is 4.79 Å². The van der Waals surface area contributed by atoms with Gasteiger partial charge in [-0.2, -0.15) is 0 Å². The van der Waals surface area contributed by atoms with Gasteiger partial charge in [0.1, 0.15) is 11.5 Å². The predicted molar refractivity (Wildman–Crippen MR) is 95.4 cm³/mol. The van der Waals surface area contributed by atoms with Crippen molar-refractivity contribution in [1.29, 1.82) is 0 Å². The van der Waals surface area contributed by atoms with E-state index < -0.39 is 0 Å². The third-order valence-corrected chi connectivity index (χ3v) is 5.17. The zero-order valence-electron chi connectivity index (χ0n) is 14.3. The van der Waals surface area contributed by atoms with Gasteiger partial charge in [-0.05, 0) is 57.4 Å². The second kappa shape index (κ2) is 9.06. The molecule has 0 radical (unpaired) electrons. The smallest absolute Gasteiger partial charge is 0.233 e. The van der Waals surface area contributed by atoms with E-state index in [0.717, 1.165) is 30.1 Å². The van der Waals surface area contributed by atoms with Gasteiger partial charge in [-0.1, -0.05) is 0 Å². The maximum absolute atomic E-state index is 12.4. The third kappa shape index (κ3) is 5.34. The first-order valence-corrected chi connectivity index (χ1v) is 9.43. The van der Waals surface area contributed by atoms with E-state index in [-0.39, 0.29) is 5.91 Å². The summed E-state index contributed by atoms with van der Waals surface area (Å²) in [5, 5.41) is 0. The molecule has 1 aromatic rings. The monoisotopic (exact) mass is 337 g/mol. The van der Waals surface area contributed by atoms with Crippen LogP contribution < -0.4 is 9.47 Å². The van der Waals surface area contributed by atoms with Crippen LogP contribution in [0.5, 0.6) is 11.5 Å². The SMILES string of the molecule is COc1ccc(OCCSCC(=O)N2C(C)CCCC2C)cc1. The summed E-state index contributed by atoms with van der Waals surface area (Å²) in [6.45, 7) is 4.92. The number of thioether (sulfide) groups is 1. The molecule has 0 aromatic heterocycles. The van der Waals surface area contributed by atoms with Gasteiger partial charge in [0.25, 0.3) is 0 Å². The lowest BCUT2D eigenvalue weighted by molar-refractivity contribution is -0.134. The van der Waals surface area contributed by atoms with Gasteiger partial charge < -0.3 is 14.4 Å². The van der Waals surface area contributed by atoms with Crippen molar-refractivity contribution in [1.82, 2.24) is 4.90 Å². The normalized spacial score (nSPS) is 21.1. The molecule has 0 bridgehead atoms. The minimum Gasteiger partial charge on any atom is -0.497 e. The molecule has 1 aliphatic heterocycles. The van der Waals surface area contributed by atoms with Crippen molar-refractivity contribution in [3.63, 3.8) is 0 Å². The largest absolute Gasteiger partial charge is 0.497 e. The highest BCUT2D eigenvalue weighted by molar-refractivity contribution is 7.99. The number of carbonyl (C=O) groups excluding carboxylic acids is 1. The van der Waals surface area contributed by atoms with Crippen LogP contribution in [0.2, 0.25) is 0 Å². The summed E-state index contributed by atoms with van der Waals surface area (Å²) in [6.07, 6.45) is 3.48. The number of nitrogens with zero attached hydrogens (tertiary/aromatic N) is 1. The number of methoxy groups -OCH3 is 1. The molecule has 2 unspecified atom stereocenters. The maximum atomic E-state index is 12.4. The first kappa shape index (κ1) is 18.0. The number of amides is 1. The molecule has 0 N–H and O–H groups in total. The van der Waals surface area contributed by atoms with Gasteiger partial charge in [0.05, 0.1) is 19.5 Å². The molecule has 2 atom stereocenters. The Labute approximate surface area is 143 Å². The molecule has 2 rings (SSSR count). The second-order valence-corrected chi connectivity index (χ2v) is 7.11. The Kier molecular flexibility index (Phi) is 7.09. The van der Waals surface area contributed by atoms with Gasteiger partial charge in [-0.3, -0.25) is 4.79 Å². The van der Waals surface area contributed by atoms with Gasteiger partial charge in [0, 0.05) is 17.8 Å². The summed E-state index contributed by atoms with van der Waals surface area (Å²) >= 11 is 1.65. The maximum Gasteiger partial charge on any atom is 0.233 e. The van der Waals surface area contributed by atoms with Gasteiger partial charge in [-0.15, -0.1) is 11.8 Å². The second-order valence-electron chi connectivity index (χ2n) is 6.01. The number of likely N-dealkylation sites (tertiary alicyclic amines) is 1. The third-order valence-electron chi connectivity index (χ3n) is 4.26. The average Bonchev–Trinajstić information content (AvgIpc) is 2.55. The minimum absolute atomic E-state index is 0.263. The number of piperidine rings is 1. The fourth-order valence-corrected chi connectivity index (χ4v) is 3.71. The molecule has 4 nitrogen and oxygen atoms in total. The zero-order chi connectivity index (χ0) is 16.7. The number of benzene rings is 1. The molecular formula is C18H27NO3S. The van der Waals surface area contributed by atoms with Crippen molar-refractivity contribution < 1.29 is 14.3 Å². The Morgan fingerprint density at radius 3 is 2.39 bits per heavy atom. The number of carbonyl (C=O) groups is 1. The summed E-state index contributed by atoms with van der Waals surface area (Å²) in [6, 6.07) is 8.30. The number of hydrogen-bond donors (Lipinski definition) is 0. The molecule has 0 spiro atoms. The molecule has 128 valence electrons. The molecule has 1 amide bonds. The fourth-order valence-electron chi connectivity index (χ4n) is 3.04. The summed E-state index contributed by atoms with van der Waals surface area (Å²) in [4.78, 5) is 14.4. The van der Waals surface area contributed by atoms with Crippen LogP contribution in [-0.4, -0.2) is 48.1 Å². The number of rotatable bonds is 7. The Morgan fingerprint density at radius 1 is 1.17 bits per heavy atom. The molecule has 0 aliphatic carbocycles. The summed E-state index contributed by atoms with van der Waals surface area (Å²) in [7, 11) is 1.65. The van der Waals surface area contributed by atoms with E-state index in [2.05, 4.69) is 18.7 Å². The molecule has 1 fully saturated rings. The van der Waals surface area contributed by atoms with Crippen LogP contribution in [0.4, 0.5) is 0 Å². The molecule has 23 heavy (non-hydrogen) atoms. The van der Waals surface area contributed by atoms with Gasteiger partial charge in [0.2, 0.25) is 5.91 Å². The van der Waals surface area contributed by atoms with Crippen molar-refractivity contribution in [2.45, 2.75) is 45.2 Å². The van der Waals surface area contributed by atoms with Gasteiger partial charge in [-0.25, -0.2) is 0 Å². The highest BCUT2D eigenvalue weighted by Gasteiger charge is 2.28. The molecule has 1 saturated heterocycles. The van der Waals surface area contributed by atoms with E-state index in [1.807, 2.05) is 24.3 Å². The number of ether oxygens (including phenoxy) is 2. The van der Waals surface area contributed by atoms with Crippen LogP contribution in [0, 0.1) is 0 Å². The Balaban J connectivity index is 1.65. The first-order valence-electron chi connectivity index (χ1n) is 8.27. The van der Waals surface area contributed by atoms with Gasteiger partial charge in [0.15, 0.2) is 0 Å². The standard InChI is InChI=1S/C18H27NO3S/c1-14-5-4-6-15(2)19(14)18(20)13-23-12-11-22-17-9-7-16(21-3)8-10-17/h7-10,14-15H,4-6,11-13H2,1-3H3. The Hall–Kier alpha value is -1.36. The van der Waals surface area contributed by atoms with Crippen LogP contribution in [0.3, 0.4) is 0 Å². The van der Waals surface area contributed by atoms with Crippen molar-refractivity contribution in [2.24, 2.45) is 0 Å². The quantitative estimate of drug-likeness (QED) is 0.713. The van der Waals surface area contributed by atoms with Crippen molar-refractivity contribution >= 4 is 17.7 Å². The predicted octanol–water partition coefficient (Wildman–Crippen LogP) is 3.60. The highest BCUT2D eigenvalue weighted by atomic mass is 32.2. The summed E-state index contributed by atoms with van der Waals surface area (Å²) in [5.74, 6) is 3.27. The van der Waals surface area contributed by atoms with Crippen molar-refractivity contribution in [2.75, 3.05) is 25.2 Å². The molecule has 1 aromatic carbocycles. The van der Waals surface area contributed by atoms with Crippen molar-refractivity contribution in [3.8, 4) is 11.5 Å². The van der Waals surface area contributed by atoms with E-state index in [9.17, 15) is 4.79 Å². The van der Waals surface area contributed by atoms with Crippen LogP contribution in [0.1, 0.15) is 33.1 Å². The lowest BCUT2D eigenvalue weighted by atomic mass is 9.98. The summed E-state index contributed by atoms with van der Waals surface area (Å²) in [5.41, 5.74) is 0. The molecule has 0 saturated carbocycles. The van der Waals surface area contributed by atoms with E-state index in [0.29, 0.717) is 24.4 Å². The van der Waals surface area contributed by atoms with Crippen LogP contribution in [0.25, 0.3) is 0 Å². The minimum atomic E-state index is 0.263. The first-order chi connectivity index (χ1) is 11.1. The van der Waals surface area contributed by atoms with E-state index in [1.165, 1.54) is 6.42 Å². The lowest BCUT2D eigenvalue weighted by Gasteiger charge is -2.39. The highest BCUT2D eigenvalue weighted by Crippen LogP contribution is 2.23.